The molecular weight excluding hydrogens is 245 g/mol. The van der Waals surface area contributed by atoms with Crippen LogP contribution in [-0.2, 0) is 0 Å². The predicted molar refractivity (Wildman–Crippen MR) is 75.7 cm³/mol. The molecule has 96 valence electrons. The zero-order valence-corrected chi connectivity index (χ0v) is 12.0. The van der Waals surface area contributed by atoms with Gasteiger partial charge in [0.15, 0.2) is 0 Å². The lowest BCUT2D eigenvalue weighted by molar-refractivity contribution is 0.597. The van der Waals surface area contributed by atoms with E-state index >= 15 is 0 Å². The van der Waals surface area contributed by atoms with E-state index in [0.29, 0.717) is 5.56 Å². The summed E-state index contributed by atoms with van der Waals surface area (Å²) in [4.78, 5) is 2.27. The fourth-order valence-electron chi connectivity index (χ4n) is 2.22. The van der Waals surface area contributed by atoms with Crippen LogP contribution in [-0.4, -0.2) is 0 Å². The molecule has 0 saturated carbocycles. The Morgan fingerprint density at radius 3 is 2.22 bits per heavy atom. The van der Waals surface area contributed by atoms with Gasteiger partial charge < -0.3 is 5.73 Å². The van der Waals surface area contributed by atoms with Gasteiger partial charge in [0.25, 0.3) is 0 Å². The molecule has 0 spiro atoms. The van der Waals surface area contributed by atoms with Crippen molar-refractivity contribution in [3.05, 3.63) is 56.0 Å². The first-order chi connectivity index (χ1) is 8.40. The summed E-state index contributed by atoms with van der Waals surface area (Å²) in [5, 5.41) is 0. The van der Waals surface area contributed by atoms with Gasteiger partial charge in [0.2, 0.25) is 0 Å². The summed E-state index contributed by atoms with van der Waals surface area (Å²) in [5.74, 6) is -0.205. The van der Waals surface area contributed by atoms with E-state index in [0.717, 1.165) is 16.0 Å². The first kappa shape index (κ1) is 13.2. The Labute approximate surface area is 111 Å². The molecule has 0 saturated heterocycles. The zero-order valence-electron chi connectivity index (χ0n) is 11.2. The Bertz CT molecular complexity index is 544. The molecule has 0 bridgehead atoms. The Morgan fingerprint density at radius 1 is 1.06 bits per heavy atom. The van der Waals surface area contributed by atoms with Crippen LogP contribution in [0.5, 0.6) is 0 Å². The summed E-state index contributed by atoms with van der Waals surface area (Å²) in [5.41, 5.74) is 9.90. The van der Waals surface area contributed by atoms with Crippen molar-refractivity contribution in [2.75, 3.05) is 0 Å². The van der Waals surface area contributed by atoms with Gasteiger partial charge >= 0.3 is 0 Å². The monoisotopic (exact) mass is 263 g/mol. The van der Waals surface area contributed by atoms with E-state index in [4.69, 9.17) is 5.73 Å². The summed E-state index contributed by atoms with van der Waals surface area (Å²) in [7, 11) is 0. The highest BCUT2D eigenvalue weighted by Gasteiger charge is 2.18. The molecule has 1 aromatic heterocycles. The second-order valence-electron chi connectivity index (χ2n) is 4.84. The molecule has 0 amide bonds. The molecule has 3 heteroatoms. The first-order valence-electron chi connectivity index (χ1n) is 5.99. The van der Waals surface area contributed by atoms with Gasteiger partial charge in [-0.25, -0.2) is 4.39 Å². The number of benzene rings is 1. The van der Waals surface area contributed by atoms with Gasteiger partial charge in [-0.3, -0.25) is 0 Å². The van der Waals surface area contributed by atoms with Crippen LogP contribution in [0.3, 0.4) is 0 Å². The van der Waals surface area contributed by atoms with Crippen LogP contribution in [0.2, 0.25) is 0 Å². The lowest BCUT2D eigenvalue weighted by Gasteiger charge is -2.15. The number of thiophene rings is 1. The summed E-state index contributed by atoms with van der Waals surface area (Å²) >= 11 is 1.65. The highest BCUT2D eigenvalue weighted by molar-refractivity contribution is 7.12. The number of aryl methyl sites for hydroxylation is 4. The Hall–Kier alpha value is -1.19. The van der Waals surface area contributed by atoms with E-state index in [1.807, 2.05) is 19.9 Å². The fourth-order valence-corrected chi connectivity index (χ4v) is 3.27. The average Bonchev–Trinajstić information content (AvgIpc) is 2.57. The van der Waals surface area contributed by atoms with E-state index in [-0.39, 0.29) is 11.9 Å². The Kier molecular flexibility index (Phi) is 3.55. The smallest absolute Gasteiger partial charge is 0.128 e. The largest absolute Gasteiger partial charge is 0.320 e. The maximum atomic E-state index is 14.1. The van der Waals surface area contributed by atoms with Crippen molar-refractivity contribution in [2.45, 2.75) is 33.7 Å². The molecule has 1 heterocycles. The van der Waals surface area contributed by atoms with Crippen LogP contribution in [0.25, 0.3) is 0 Å². The number of hydrogen-bond donors (Lipinski definition) is 1. The van der Waals surface area contributed by atoms with E-state index in [9.17, 15) is 4.39 Å². The molecule has 0 aliphatic rings. The highest BCUT2D eigenvalue weighted by atomic mass is 32.1. The lowest BCUT2D eigenvalue weighted by atomic mass is 9.97. The summed E-state index contributed by atoms with van der Waals surface area (Å²) in [6, 6.07) is 5.22. The quantitative estimate of drug-likeness (QED) is 0.864. The molecule has 2 rings (SSSR count). The summed E-state index contributed by atoms with van der Waals surface area (Å²) in [6.07, 6.45) is 0. The molecule has 18 heavy (non-hydrogen) atoms. The van der Waals surface area contributed by atoms with Crippen molar-refractivity contribution in [2.24, 2.45) is 5.73 Å². The number of nitrogens with two attached hydrogens (primary N) is 1. The lowest BCUT2D eigenvalue weighted by Crippen LogP contribution is -2.14. The molecule has 0 radical (unpaired) electrons. The van der Waals surface area contributed by atoms with Gasteiger partial charge in [0, 0.05) is 15.3 Å². The first-order valence-corrected chi connectivity index (χ1v) is 6.81. The van der Waals surface area contributed by atoms with Gasteiger partial charge in [0.05, 0.1) is 6.04 Å². The van der Waals surface area contributed by atoms with Crippen molar-refractivity contribution in [1.82, 2.24) is 0 Å². The van der Waals surface area contributed by atoms with E-state index in [1.54, 1.807) is 17.4 Å². The molecule has 0 fully saturated rings. The third-order valence-electron chi connectivity index (χ3n) is 3.28. The van der Waals surface area contributed by atoms with Crippen molar-refractivity contribution >= 4 is 11.3 Å². The second kappa shape index (κ2) is 4.82. The van der Waals surface area contributed by atoms with E-state index < -0.39 is 0 Å². The van der Waals surface area contributed by atoms with Crippen LogP contribution in [0.15, 0.2) is 18.2 Å². The number of rotatable bonds is 2. The third kappa shape index (κ3) is 2.33. The van der Waals surface area contributed by atoms with Crippen LogP contribution in [0.4, 0.5) is 4.39 Å². The molecule has 2 N–H and O–H groups in total. The average molecular weight is 263 g/mol. The Morgan fingerprint density at radius 2 is 1.72 bits per heavy atom. The second-order valence-corrected chi connectivity index (χ2v) is 6.13. The SMILES string of the molecule is Cc1cc(C)c(C(N)c2cc(C)c(C)s2)c(F)c1. The van der Waals surface area contributed by atoms with Crippen LogP contribution in [0.1, 0.15) is 38.0 Å². The topological polar surface area (TPSA) is 26.0 Å². The van der Waals surface area contributed by atoms with E-state index in [2.05, 4.69) is 19.9 Å². The van der Waals surface area contributed by atoms with Crippen LogP contribution < -0.4 is 5.73 Å². The minimum absolute atomic E-state index is 0.205. The predicted octanol–water partition coefficient (Wildman–Crippen LogP) is 4.17. The van der Waals surface area contributed by atoms with Crippen molar-refractivity contribution in [1.29, 1.82) is 0 Å². The van der Waals surface area contributed by atoms with Crippen LogP contribution >= 0.6 is 11.3 Å². The maximum Gasteiger partial charge on any atom is 0.128 e. The summed E-state index contributed by atoms with van der Waals surface area (Å²) in [6.45, 7) is 7.93. The third-order valence-corrected chi connectivity index (χ3v) is 4.52. The minimum Gasteiger partial charge on any atom is -0.320 e. The number of halogens is 1. The van der Waals surface area contributed by atoms with Crippen molar-refractivity contribution in [3.63, 3.8) is 0 Å². The highest BCUT2D eigenvalue weighted by Crippen LogP contribution is 2.32. The minimum atomic E-state index is -0.372. The van der Waals surface area contributed by atoms with Gasteiger partial charge in [0.1, 0.15) is 5.82 Å². The molecule has 0 aliphatic heterocycles. The Balaban J connectivity index is 2.49. The molecule has 2 aromatic rings. The molecule has 1 nitrogen and oxygen atoms in total. The van der Waals surface area contributed by atoms with Gasteiger partial charge in [-0.15, -0.1) is 11.3 Å². The van der Waals surface area contributed by atoms with Crippen molar-refractivity contribution in [3.8, 4) is 0 Å². The molecule has 1 atom stereocenters. The summed E-state index contributed by atoms with van der Waals surface area (Å²) < 4.78 is 14.1. The maximum absolute atomic E-state index is 14.1. The zero-order chi connectivity index (χ0) is 13.4. The molecular formula is C15H18FNS. The van der Waals surface area contributed by atoms with E-state index in [1.165, 1.54) is 10.4 Å². The van der Waals surface area contributed by atoms with Gasteiger partial charge in [-0.1, -0.05) is 6.07 Å². The van der Waals surface area contributed by atoms with Gasteiger partial charge in [-0.05, 0) is 56.5 Å². The van der Waals surface area contributed by atoms with Crippen LogP contribution in [0, 0.1) is 33.5 Å². The number of hydrogen-bond acceptors (Lipinski definition) is 2. The molecule has 0 aliphatic carbocycles. The molecule has 1 aromatic carbocycles. The molecule has 1 unspecified atom stereocenters. The van der Waals surface area contributed by atoms with Gasteiger partial charge in [-0.2, -0.15) is 0 Å². The standard InChI is InChI=1S/C15H18FNS/c1-8-5-10(3)14(12(16)6-8)15(17)13-7-9(2)11(4)18-13/h5-7,15H,17H2,1-4H3. The fraction of sp³-hybridized carbons (Fsp3) is 0.333. The van der Waals surface area contributed by atoms with Crippen molar-refractivity contribution < 1.29 is 4.39 Å². The normalized spacial score (nSPS) is 12.8.